The molecule has 0 radical (unpaired) electrons. The molecule has 0 aliphatic rings. The van der Waals surface area contributed by atoms with E-state index in [1.54, 1.807) is 30.5 Å². The molecule has 3 aromatic carbocycles. The van der Waals surface area contributed by atoms with Crippen molar-refractivity contribution in [3.8, 4) is 5.75 Å². The Labute approximate surface area is 174 Å². The molecule has 29 heavy (non-hydrogen) atoms. The zero-order valence-corrected chi connectivity index (χ0v) is 16.8. The van der Waals surface area contributed by atoms with Crippen LogP contribution in [0.4, 0.5) is 5.69 Å². The fraction of sp³-hybridized carbons (Fsp3) is 0.0455. The van der Waals surface area contributed by atoms with Crippen molar-refractivity contribution < 1.29 is 13.2 Å². The lowest BCUT2D eigenvalue weighted by Crippen LogP contribution is -2.14. The van der Waals surface area contributed by atoms with E-state index in [4.69, 9.17) is 16.3 Å². The van der Waals surface area contributed by atoms with Crippen molar-refractivity contribution >= 4 is 38.2 Å². The Balaban J connectivity index is 1.54. The van der Waals surface area contributed by atoms with Crippen LogP contribution in [0, 0.1) is 0 Å². The molecule has 146 valence electrons. The van der Waals surface area contributed by atoms with Crippen molar-refractivity contribution in [2.24, 2.45) is 0 Å². The Kier molecular flexibility index (Phi) is 5.38. The second-order valence-electron chi connectivity index (χ2n) is 6.36. The number of rotatable bonds is 6. The van der Waals surface area contributed by atoms with Crippen LogP contribution in [0.1, 0.15) is 5.56 Å². The molecule has 4 rings (SSSR count). The predicted octanol–water partition coefficient (Wildman–Crippen LogP) is 5.27. The highest BCUT2D eigenvalue weighted by Crippen LogP contribution is 2.24. The first kappa shape index (κ1) is 19.2. The second kappa shape index (κ2) is 8.11. The summed E-state index contributed by atoms with van der Waals surface area (Å²) < 4.78 is 33.9. The highest BCUT2D eigenvalue weighted by molar-refractivity contribution is 7.92. The molecule has 4 aromatic rings. The molecular weight excluding hydrogens is 408 g/mol. The topological polar surface area (TPSA) is 68.3 Å². The zero-order chi connectivity index (χ0) is 20.3. The number of sulfonamides is 1. The fourth-order valence-electron chi connectivity index (χ4n) is 2.87. The van der Waals surface area contributed by atoms with E-state index in [0.717, 1.165) is 16.5 Å². The smallest absolute Gasteiger partial charge is 0.261 e. The summed E-state index contributed by atoms with van der Waals surface area (Å²) >= 11 is 5.85. The van der Waals surface area contributed by atoms with Crippen LogP contribution in [-0.4, -0.2) is 13.4 Å². The highest BCUT2D eigenvalue weighted by atomic mass is 35.5. The zero-order valence-electron chi connectivity index (χ0n) is 15.2. The standard InChI is InChI=1S/C22H17ClN2O3S/c23-18-7-10-20(11-8-18)29(26,27)25-22-6-2-1-4-17(22)15-28-19-9-12-21-16(14-19)5-3-13-24-21/h1-14,25H,15H2. The summed E-state index contributed by atoms with van der Waals surface area (Å²) in [7, 11) is -3.74. The lowest BCUT2D eigenvalue weighted by atomic mass is 10.2. The molecule has 0 spiro atoms. The normalized spacial score (nSPS) is 11.3. The van der Waals surface area contributed by atoms with Gasteiger partial charge in [0.25, 0.3) is 10.0 Å². The van der Waals surface area contributed by atoms with E-state index >= 15 is 0 Å². The first-order valence-electron chi connectivity index (χ1n) is 8.85. The van der Waals surface area contributed by atoms with E-state index in [0.29, 0.717) is 16.5 Å². The number of pyridine rings is 1. The maximum absolute atomic E-state index is 12.7. The number of para-hydroxylation sites is 1. The molecule has 0 atom stereocenters. The number of ether oxygens (including phenoxy) is 1. The lowest BCUT2D eigenvalue weighted by Gasteiger charge is -2.14. The maximum atomic E-state index is 12.7. The van der Waals surface area contributed by atoms with Gasteiger partial charge in [0.2, 0.25) is 0 Å². The van der Waals surface area contributed by atoms with Gasteiger partial charge < -0.3 is 4.74 Å². The molecule has 0 fully saturated rings. The van der Waals surface area contributed by atoms with Crippen LogP contribution >= 0.6 is 11.6 Å². The third-order valence-electron chi connectivity index (χ3n) is 4.35. The van der Waals surface area contributed by atoms with Crippen molar-refractivity contribution in [1.29, 1.82) is 0 Å². The van der Waals surface area contributed by atoms with Gasteiger partial charge in [-0.05, 0) is 54.6 Å². The van der Waals surface area contributed by atoms with Crippen LogP contribution in [0.3, 0.4) is 0 Å². The van der Waals surface area contributed by atoms with Crippen LogP contribution in [0.2, 0.25) is 5.02 Å². The average Bonchev–Trinajstić information content (AvgIpc) is 2.73. The van der Waals surface area contributed by atoms with Crippen LogP contribution in [0.5, 0.6) is 5.75 Å². The number of hydrogen-bond donors (Lipinski definition) is 1. The molecule has 1 N–H and O–H groups in total. The summed E-state index contributed by atoms with van der Waals surface area (Å²) in [5.41, 5.74) is 2.07. The molecule has 0 amide bonds. The Morgan fingerprint density at radius 1 is 0.931 bits per heavy atom. The summed E-state index contributed by atoms with van der Waals surface area (Å²) in [6.45, 7) is 0.213. The van der Waals surface area contributed by atoms with Crippen LogP contribution in [0.15, 0.2) is 90.0 Å². The number of aromatic nitrogens is 1. The van der Waals surface area contributed by atoms with Crippen molar-refractivity contribution in [3.05, 3.63) is 95.6 Å². The van der Waals surface area contributed by atoms with Gasteiger partial charge in [0.15, 0.2) is 0 Å². The minimum Gasteiger partial charge on any atom is -0.489 e. The third-order valence-corrected chi connectivity index (χ3v) is 5.99. The van der Waals surface area contributed by atoms with Gasteiger partial charge >= 0.3 is 0 Å². The lowest BCUT2D eigenvalue weighted by molar-refractivity contribution is 0.307. The first-order valence-corrected chi connectivity index (χ1v) is 10.7. The number of hydrogen-bond acceptors (Lipinski definition) is 4. The van der Waals surface area contributed by atoms with Gasteiger partial charge in [-0.3, -0.25) is 9.71 Å². The summed E-state index contributed by atoms with van der Waals surface area (Å²) in [6, 6.07) is 22.6. The number of anilines is 1. The van der Waals surface area contributed by atoms with Gasteiger partial charge in [-0.25, -0.2) is 8.42 Å². The SMILES string of the molecule is O=S(=O)(Nc1ccccc1COc1ccc2ncccc2c1)c1ccc(Cl)cc1. The summed E-state index contributed by atoms with van der Waals surface area (Å²) in [6.07, 6.45) is 1.74. The van der Waals surface area contributed by atoms with Crippen LogP contribution in [-0.2, 0) is 16.6 Å². The quantitative estimate of drug-likeness (QED) is 0.458. The van der Waals surface area contributed by atoms with Gasteiger partial charge in [0.05, 0.1) is 16.1 Å². The monoisotopic (exact) mass is 424 g/mol. The second-order valence-corrected chi connectivity index (χ2v) is 8.48. The van der Waals surface area contributed by atoms with Crippen molar-refractivity contribution in [2.75, 3.05) is 4.72 Å². The minimum absolute atomic E-state index is 0.139. The number of halogens is 1. The van der Waals surface area contributed by atoms with Crippen molar-refractivity contribution in [3.63, 3.8) is 0 Å². The van der Waals surface area contributed by atoms with Gasteiger partial charge in [0.1, 0.15) is 12.4 Å². The van der Waals surface area contributed by atoms with Crippen molar-refractivity contribution in [2.45, 2.75) is 11.5 Å². The molecule has 5 nitrogen and oxygen atoms in total. The molecule has 0 saturated heterocycles. The summed E-state index contributed by atoms with van der Waals surface area (Å²) in [5, 5.41) is 1.45. The number of nitrogens with one attached hydrogen (secondary N) is 1. The number of fused-ring (bicyclic) bond motifs is 1. The molecule has 7 heteroatoms. The molecule has 0 saturated carbocycles. The predicted molar refractivity (Wildman–Crippen MR) is 115 cm³/mol. The Morgan fingerprint density at radius 2 is 1.72 bits per heavy atom. The number of benzene rings is 3. The summed E-state index contributed by atoms with van der Waals surface area (Å²) in [4.78, 5) is 4.43. The maximum Gasteiger partial charge on any atom is 0.261 e. The fourth-order valence-corrected chi connectivity index (χ4v) is 4.09. The van der Waals surface area contributed by atoms with Gasteiger partial charge in [0, 0.05) is 22.2 Å². The highest BCUT2D eigenvalue weighted by Gasteiger charge is 2.16. The van der Waals surface area contributed by atoms with Gasteiger partial charge in [-0.1, -0.05) is 35.9 Å². The van der Waals surface area contributed by atoms with Gasteiger partial charge in [-0.15, -0.1) is 0 Å². The molecule has 0 aliphatic heterocycles. The molecule has 0 aliphatic carbocycles. The largest absolute Gasteiger partial charge is 0.489 e. The van der Waals surface area contributed by atoms with E-state index in [2.05, 4.69) is 9.71 Å². The van der Waals surface area contributed by atoms with E-state index in [1.807, 2.05) is 42.5 Å². The van der Waals surface area contributed by atoms with Crippen LogP contribution in [0.25, 0.3) is 10.9 Å². The Bertz CT molecular complexity index is 1260. The van der Waals surface area contributed by atoms with E-state index in [-0.39, 0.29) is 11.5 Å². The Morgan fingerprint density at radius 3 is 2.55 bits per heavy atom. The Hall–Kier alpha value is -3.09. The summed E-state index contributed by atoms with van der Waals surface area (Å²) in [5.74, 6) is 0.681. The van der Waals surface area contributed by atoms with Crippen LogP contribution < -0.4 is 9.46 Å². The number of nitrogens with zero attached hydrogens (tertiary/aromatic N) is 1. The molecule has 1 aromatic heterocycles. The third kappa shape index (κ3) is 4.50. The molecule has 1 heterocycles. The molecular formula is C22H17ClN2O3S. The first-order chi connectivity index (χ1) is 14.0. The van der Waals surface area contributed by atoms with E-state index in [1.165, 1.54) is 12.1 Å². The van der Waals surface area contributed by atoms with E-state index < -0.39 is 10.0 Å². The molecule has 0 unspecified atom stereocenters. The van der Waals surface area contributed by atoms with E-state index in [9.17, 15) is 8.42 Å². The molecule has 0 bridgehead atoms. The van der Waals surface area contributed by atoms with Gasteiger partial charge in [-0.2, -0.15) is 0 Å². The average molecular weight is 425 g/mol. The minimum atomic E-state index is -3.74. The van der Waals surface area contributed by atoms with Crippen molar-refractivity contribution in [1.82, 2.24) is 4.98 Å².